The minimum absolute atomic E-state index is 0.0646. The number of rotatable bonds is 3. The zero-order chi connectivity index (χ0) is 15.6. The summed E-state index contributed by atoms with van der Waals surface area (Å²) in [5.41, 5.74) is 7.50. The summed E-state index contributed by atoms with van der Waals surface area (Å²) >= 11 is 3.40. The molecule has 1 aromatic carbocycles. The SMILES string of the molecule is CC(C)(C)C1CCC(C(N)Cc2cc(Br)ccc2F)CC1. The third kappa shape index (κ3) is 4.53. The first kappa shape index (κ1) is 17.0. The lowest BCUT2D eigenvalue weighted by molar-refractivity contribution is 0.139. The fraction of sp³-hybridized carbons (Fsp3) is 0.667. The van der Waals surface area contributed by atoms with Crippen LogP contribution in [0.15, 0.2) is 22.7 Å². The van der Waals surface area contributed by atoms with E-state index >= 15 is 0 Å². The molecule has 2 rings (SSSR count). The van der Waals surface area contributed by atoms with Gasteiger partial charge in [-0.25, -0.2) is 4.39 Å². The average Bonchev–Trinajstić information content (AvgIpc) is 2.42. The molecule has 1 aliphatic rings. The Kier molecular flexibility index (Phi) is 5.48. The predicted molar refractivity (Wildman–Crippen MR) is 90.7 cm³/mol. The molecule has 21 heavy (non-hydrogen) atoms. The molecule has 0 aromatic heterocycles. The van der Waals surface area contributed by atoms with Crippen LogP contribution >= 0.6 is 15.9 Å². The molecule has 0 bridgehead atoms. The van der Waals surface area contributed by atoms with Crippen molar-refractivity contribution in [2.75, 3.05) is 0 Å². The normalized spacial score (nSPS) is 24.9. The van der Waals surface area contributed by atoms with Crippen LogP contribution in [0.2, 0.25) is 0 Å². The van der Waals surface area contributed by atoms with Crippen LogP contribution in [0.5, 0.6) is 0 Å². The Morgan fingerprint density at radius 3 is 2.43 bits per heavy atom. The first-order valence-electron chi connectivity index (χ1n) is 7.97. The molecule has 0 saturated heterocycles. The van der Waals surface area contributed by atoms with Crippen LogP contribution in [0, 0.1) is 23.1 Å². The van der Waals surface area contributed by atoms with E-state index < -0.39 is 0 Å². The molecule has 1 unspecified atom stereocenters. The molecule has 0 amide bonds. The summed E-state index contributed by atoms with van der Waals surface area (Å²) in [6.45, 7) is 6.98. The lowest BCUT2D eigenvalue weighted by Crippen LogP contribution is -2.37. The van der Waals surface area contributed by atoms with E-state index in [0.29, 0.717) is 17.8 Å². The topological polar surface area (TPSA) is 26.0 Å². The number of hydrogen-bond donors (Lipinski definition) is 1. The molecular formula is C18H27BrFN. The molecule has 1 nitrogen and oxygen atoms in total. The van der Waals surface area contributed by atoms with Gasteiger partial charge in [0.15, 0.2) is 0 Å². The maximum atomic E-state index is 13.8. The molecule has 0 radical (unpaired) electrons. The summed E-state index contributed by atoms with van der Waals surface area (Å²) < 4.78 is 14.8. The van der Waals surface area contributed by atoms with Crippen molar-refractivity contribution in [3.63, 3.8) is 0 Å². The van der Waals surface area contributed by atoms with Gasteiger partial charge in [-0.1, -0.05) is 36.7 Å². The number of halogens is 2. The Labute approximate surface area is 136 Å². The van der Waals surface area contributed by atoms with E-state index in [2.05, 4.69) is 36.7 Å². The minimum atomic E-state index is -0.142. The van der Waals surface area contributed by atoms with Gasteiger partial charge in [0.25, 0.3) is 0 Å². The van der Waals surface area contributed by atoms with Crippen LogP contribution in [0.4, 0.5) is 4.39 Å². The molecule has 0 aliphatic heterocycles. The molecule has 0 heterocycles. The minimum Gasteiger partial charge on any atom is -0.327 e. The fourth-order valence-corrected chi connectivity index (χ4v) is 3.94. The van der Waals surface area contributed by atoms with Gasteiger partial charge in [-0.2, -0.15) is 0 Å². The number of benzene rings is 1. The standard InChI is InChI=1S/C18H27BrFN/c1-18(2,3)14-6-4-12(5-7-14)17(21)11-13-10-15(19)8-9-16(13)20/h8-10,12,14,17H,4-7,11,21H2,1-3H3. The highest BCUT2D eigenvalue weighted by Gasteiger charge is 2.31. The molecule has 2 N–H and O–H groups in total. The fourth-order valence-electron chi connectivity index (χ4n) is 3.53. The number of hydrogen-bond acceptors (Lipinski definition) is 1. The van der Waals surface area contributed by atoms with Crippen LogP contribution < -0.4 is 5.73 Å². The molecule has 1 fully saturated rings. The molecule has 0 spiro atoms. The molecule has 1 atom stereocenters. The summed E-state index contributed by atoms with van der Waals surface area (Å²) in [5, 5.41) is 0. The van der Waals surface area contributed by atoms with E-state index in [1.165, 1.54) is 31.7 Å². The third-order valence-electron chi connectivity index (χ3n) is 5.07. The van der Waals surface area contributed by atoms with E-state index in [4.69, 9.17) is 5.73 Å². The van der Waals surface area contributed by atoms with Crippen molar-refractivity contribution in [2.45, 2.75) is 58.9 Å². The molecule has 1 aliphatic carbocycles. The Hall–Kier alpha value is -0.410. The van der Waals surface area contributed by atoms with Crippen LogP contribution in [-0.4, -0.2) is 6.04 Å². The second kappa shape index (κ2) is 6.78. The van der Waals surface area contributed by atoms with Crippen molar-refractivity contribution in [3.8, 4) is 0 Å². The highest BCUT2D eigenvalue weighted by atomic mass is 79.9. The van der Waals surface area contributed by atoms with Gasteiger partial charge in [0.05, 0.1) is 0 Å². The number of nitrogens with two attached hydrogens (primary N) is 1. The van der Waals surface area contributed by atoms with Crippen molar-refractivity contribution >= 4 is 15.9 Å². The van der Waals surface area contributed by atoms with Crippen LogP contribution in [0.3, 0.4) is 0 Å². The Morgan fingerprint density at radius 2 is 1.86 bits per heavy atom. The maximum absolute atomic E-state index is 13.8. The van der Waals surface area contributed by atoms with Gasteiger partial charge in [0.1, 0.15) is 5.82 Å². The molecule has 1 saturated carbocycles. The zero-order valence-corrected chi connectivity index (χ0v) is 14.9. The van der Waals surface area contributed by atoms with Crippen LogP contribution in [0.1, 0.15) is 52.0 Å². The maximum Gasteiger partial charge on any atom is 0.126 e. The monoisotopic (exact) mass is 355 g/mol. The average molecular weight is 356 g/mol. The van der Waals surface area contributed by atoms with Gasteiger partial charge >= 0.3 is 0 Å². The quantitative estimate of drug-likeness (QED) is 0.780. The van der Waals surface area contributed by atoms with E-state index in [1.54, 1.807) is 6.07 Å². The van der Waals surface area contributed by atoms with Crippen molar-refractivity contribution in [3.05, 3.63) is 34.1 Å². The van der Waals surface area contributed by atoms with Gasteiger partial charge in [-0.3, -0.25) is 0 Å². The van der Waals surface area contributed by atoms with Crippen LogP contribution in [0.25, 0.3) is 0 Å². The Bertz CT molecular complexity index is 473. The van der Waals surface area contributed by atoms with E-state index in [1.807, 2.05) is 6.07 Å². The molecule has 118 valence electrons. The summed E-state index contributed by atoms with van der Waals surface area (Å²) in [6, 6.07) is 5.17. The van der Waals surface area contributed by atoms with Gasteiger partial charge in [-0.05, 0) is 73.1 Å². The molecule has 3 heteroatoms. The van der Waals surface area contributed by atoms with Gasteiger partial charge in [-0.15, -0.1) is 0 Å². The lowest BCUT2D eigenvalue weighted by Gasteiger charge is -2.38. The Balaban J connectivity index is 1.93. The lowest BCUT2D eigenvalue weighted by atomic mass is 9.68. The summed E-state index contributed by atoms with van der Waals surface area (Å²) in [7, 11) is 0. The largest absolute Gasteiger partial charge is 0.327 e. The van der Waals surface area contributed by atoms with Gasteiger partial charge < -0.3 is 5.73 Å². The van der Waals surface area contributed by atoms with Crippen molar-refractivity contribution in [1.82, 2.24) is 0 Å². The van der Waals surface area contributed by atoms with Gasteiger partial charge in [0, 0.05) is 10.5 Å². The van der Waals surface area contributed by atoms with E-state index in [0.717, 1.165) is 16.0 Å². The molecule has 1 aromatic rings. The summed E-state index contributed by atoms with van der Waals surface area (Å²) in [6.07, 6.45) is 5.50. The molecular weight excluding hydrogens is 329 g/mol. The summed E-state index contributed by atoms with van der Waals surface area (Å²) in [5.74, 6) is 1.18. The second-order valence-electron chi connectivity index (χ2n) is 7.58. The van der Waals surface area contributed by atoms with Crippen molar-refractivity contribution in [2.24, 2.45) is 23.0 Å². The third-order valence-corrected chi connectivity index (χ3v) is 5.56. The first-order chi connectivity index (χ1) is 9.77. The predicted octanol–water partition coefficient (Wildman–Crippen LogP) is 5.31. The van der Waals surface area contributed by atoms with E-state index in [-0.39, 0.29) is 11.9 Å². The zero-order valence-electron chi connectivity index (χ0n) is 13.3. The first-order valence-corrected chi connectivity index (χ1v) is 8.76. The van der Waals surface area contributed by atoms with Crippen LogP contribution in [-0.2, 0) is 6.42 Å². The van der Waals surface area contributed by atoms with Crippen molar-refractivity contribution in [1.29, 1.82) is 0 Å². The van der Waals surface area contributed by atoms with Crippen molar-refractivity contribution < 1.29 is 4.39 Å². The smallest absolute Gasteiger partial charge is 0.126 e. The Morgan fingerprint density at radius 1 is 1.24 bits per heavy atom. The highest BCUT2D eigenvalue weighted by Crippen LogP contribution is 2.40. The van der Waals surface area contributed by atoms with E-state index in [9.17, 15) is 4.39 Å². The van der Waals surface area contributed by atoms with Gasteiger partial charge in [0.2, 0.25) is 0 Å². The summed E-state index contributed by atoms with van der Waals surface area (Å²) in [4.78, 5) is 0. The second-order valence-corrected chi connectivity index (χ2v) is 8.50. The highest BCUT2D eigenvalue weighted by molar-refractivity contribution is 9.10.